The van der Waals surface area contributed by atoms with Gasteiger partial charge in [0.1, 0.15) is 18.2 Å². The van der Waals surface area contributed by atoms with Crippen molar-refractivity contribution in [3.05, 3.63) is 81.8 Å². The van der Waals surface area contributed by atoms with Crippen molar-refractivity contribution in [3.63, 3.8) is 0 Å². The van der Waals surface area contributed by atoms with Crippen molar-refractivity contribution in [2.24, 2.45) is 0 Å². The topological polar surface area (TPSA) is 37.9 Å². The van der Waals surface area contributed by atoms with E-state index in [9.17, 15) is 0 Å². The van der Waals surface area contributed by atoms with Crippen molar-refractivity contribution < 1.29 is 4.74 Å². The molecule has 5 heteroatoms. The minimum Gasteiger partial charge on any atom is -0.489 e. The fourth-order valence-corrected chi connectivity index (χ4v) is 3.30. The number of halogens is 2. The summed E-state index contributed by atoms with van der Waals surface area (Å²) in [7, 11) is 0. The maximum atomic E-state index is 6.17. The number of H-pyrrole nitrogens is 1. The predicted octanol–water partition coefficient (Wildman–Crippen LogP) is 6.42. The van der Waals surface area contributed by atoms with E-state index < -0.39 is 0 Å². The van der Waals surface area contributed by atoms with Gasteiger partial charge < -0.3 is 9.72 Å². The molecule has 3 nitrogen and oxygen atoms in total. The average Bonchev–Trinajstić information content (AvgIpc) is 3.05. The zero-order chi connectivity index (χ0) is 18.1. The molecule has 1 aromatic heterocycles. The second kappa shape index (κ2) is 7.02. The lowest BCUT2D eigenvalue weighted by atomic mass is 10.2. The highest BCUT2D eigenvalue weighted by Crippen LogP contribution is 2.27. The molecular formula is C21H16Cl2N2O. The van der Waals surface area contributed by atoms with Gasteiger partial charge in [0.25, 0.3) is 0 Å². The van der Waals surface area contributed by atoms with Crippen LogP contribution in [0.2, 0.25) is 10.0 Å². The first-order valence-electron chi connectivity index (χ1n) is 8.22. The Balaban J connectivity index is 1.52. The second-order valence-electron chi connectivity index (χ2n) is 6.12. The van der Waals surface area contributed by atoms with Crippen LogP contribution in [0.5, 0.6) is 5.75 Å². The summed E-state index contributed by atoms with van der Waals surface area (Å²) in [6.45, 7) is 2.39. The molecule has 0 bridgehead atoms. The van der Waals surface area contributed by atoms with E-state index in [1.807, 2.05) is 36.4 Å². The van der Waals surface area contributed by atoms with Crippen LogP contribution >= 0.6 is 23.2 Å². The number of aromatic amines is 1. The van der Waals surface area contributed by atoms with E-state index in [1.54, 1.807) is 12.1 Å². The van der Waals surface area contributed by atoms with Crippen LogP contribution in [0.15, 0.2) is 60.7 Å². The van der Waals surface area contributed by atoms with Gasteiger partial charge in [0.2, 0.25) is 0 Å². The number of fused-ring (bicyclic) bond motifs is 1. The molecule has 0 spiro atoms. The first-order chi connectivity index (χ1) is 12.6. The molecule has 1 heterocycles. The lowest BCUT2D eigenvalue weighted by Gasteiger charge is -2.09. The molecule has 1 N–H and O–H groups in total. The van der Waals surface area contributed by atoms with Crippen molar-refractivity contribution >= 4 is 34.2 Å². The quantitative estimate of drug-likeness (QED) is 0.441. The molecular weight excluding hydrogens is 367 g/mol. The summed E-state index contributed by atoms with van der Waals surface area (Å²) in [6.07, 6.45) is 0. The number of hydrogen-bond acceptors (Lipinski definition) is 2. The van der Waals surface area contributed by atoms with Gasteiger partial charge in [-0.3, -0.25) is 0 Å². The molecule has 0 fully saturated rings. The Kier molecular flexibility index (Phi) is 4.58. The number of nitrogens with one attached hydrogen (secondary N) is 1. The molecule has 0 saturated carbocycles. The maximum Gasteiger partial charge on any atom is 0.138 e. The number of imidazole rings is 1. The Morgan fingerprint density at radius 3 is 2.42 bits per heavy atom. The van der Waals surface area contributed by atoms with E-state index in [1.165, 1.54) is 5.56 Å². The Morgan fingerprint density at radius 2 is 1.69 bits per heavy atom. The fourth-order valence-electron chi connectivity index (χ4n) is 2.79. The van der Waals surface area contributed by atoms with Crippen molar-refractivity contribution in [2.45, 2.75) is 13.5 Å². The number of aromatic nitrogens is 2. The van der Waals surface area contributed by atoms with Crippen molar-refractivity contribution in [1.82, 2.24) is 9.97 Å². The van der Waals surface area contributed by atoms with Crippen LogP contribution in [0.1, 0.15) is 11.1 Å². The Morgan fingerprint density at radius 1 is 0.962 bits per heavy atom. The van der Waals surface area contributed by atoms with Gasteiger partial charge >= 0.3 is 0 Å². The van der Waals surface area contributed by atoms with Crippen LogP contribution in [0, 0.1) is 6.92 Å². The van der Waals surface area contributed by atoms with E-state index >= 15 is 0 Å². The summed E-state index contributed by atoms with van der Waals surface area (Å²) in [5.41, 5.74) is 4.98. The molecule has 0 atom stereocenters. The highest BCUT2D eigenvalue weighted by Gasteiger charge is 2.08. The zero-order valence-electron chi connectivity index (χ0n) is 14.1. The van der Waals surface area contributed by atoms with Crippen LogP contribution < -0.4 is 4.74 Å². The van der Waals surface area contributed by atoms with E-state index in [0.717, 1.165) is 33.7 Å². The Bertz CT molecular complexity index is 1050. The number of nitrogens with zero attached hydrogens (tertiary/aromatic N) is 1. The van der Waals surface area contributed by atoms with Crippen LogP contribution in [0.4, 0.5) is 0 Å². The summed E-state index contributed by atoms with van der Waals surface area (Å²) in [6, 6.07) is 19.4. The van der Waals surface area contributed by atoms with Gasteiger partial charge in [-0.25, -0.2) is 4.98 Å². The van der Waals surface area contributed by atoms with Crippen molar-refractivity contribution in [3.8, 4) is 17.1 Å². The largest absolute Gasteiger partial charge is 0.489 e. The van der Waals surface area contributed by atoms with Crippen LogP contribution in [0.25, 0.3) is 22.4 Å². The standard InChI is InChI=1S/C21H16Cl2N2O/c1-13-5-10-19-20(11-13)25-21(24-19)14-6-8-15(9-7-14)26-12-16-17(22)3-2-4-18(16)23/h2-11H,12H2,1H3,(H,24,25). The van der Waals surface area contributed by atoms with Crippen molar-refractivity contribution in [1.29, 1.82) is 0 Å². The third-order valence-corrected chi connectivity index (χ3v) is 4.92. The highest BCUT2D eigenvalue weighted by molar-refractivity contribution is 6.35. The molecule has 130 valence electrons. The van der Waals surface area contributed by atoms with Gasteiger partial charge in [-0.05, 0) is 61.0 Å². The Labute approximate surface area is 161 Å². The highest BCUT2D eigenvalue weighted by atomic mass is 35.5. The third kappa shape index (κ3) is 3.41. The number of rotatable bonds is 4. The molecule has 0 aliphatic rings. The smallest absolute Gasteiger partial charge is 0.138 e. The number of ether oxygens (including phenoxy) is 1. The lowest BCUT2D eigenvalue weighted by Crippen LogP contribution is -1.97. The monoisotopic (exact) mass is 382 g/mol. The third-order valence-electron chi connectivity index (χ3n) is 4.21. The zero-order valence-corrected chi connectivity index (χ0v) is 15.6. The fraction of sp³-hybridized carbons (Fsp3) is 0.0952. The molecule has 0 radical (unpaired) electrons. The first kappa shape index (κ1) is 17.0. The van der Waals surface area contributed by atoms with Gasteiger partial charge in [-0.2, -0.15) is 0 Å². The van der Waals surface area contributed by atoms with Crippen LogP contribution in [-0.4, -0.2) is 9.97 Å². The molecule has 4 rings (SSSR count). The van der Waals surface area contributed by atoms with Gasteiger partial charge in [-0.1, -0.05) is 35.3 Å². The molecule has 0 saturated heterocycles. The van der Waals surface area contributed by atoms with Crippen LogP contribution in [-0.2, 0) is 6.61 Å². The van der Waals surface area contributed by atoms with Crippen LogP contribution in [0.3, 0.4) is 0 Å². The SMILES string of the molecule is Cc1ccc2nc(-c3ccc(OCc4c(Cl)cccc4Cl)cc3)[nH]c2c1. The van der Waals surface area contributed by atoms with E-state index in [2.05, 4.69) is 29.0 Å². The minimum absolute atomic E-state index is 0.321. The predicted molar refractivity (Wildman–Crippen MR) is 107 cm³/mol. The van der Waals surface area contributed by atoms with Gasteiger partial charge in [-0.15, -0.1) is 0 Å². The van der Waals surface area contributed by atoms with Gasteiger partial charge in [0.05, 0.1) is 11.0 Å². The molecule has 4 aromatic rings. The van der Waals surface area contributed by atoms with Gasteiger partial charge in [0, 0.05) is 21.2 Å². The van der Waals surface area contributed by atoms with Gasteiger partial charge in [0.15, 0.2) is 0 Å². The molecule has 3 aromatic carbocycles. The Hall–Kier alpha value is -2.49. The van der Waals surface area contributed by atoms with E-state index in [-0.39, 0.29) is 0 Å². The number of aryl methyl sites for hydroxylation is 1. The second-order valence-corrected chi connectivity index (χ2v) is 6.93. The first-order valence-corrected chi connectivity index (χ1v) is 8.98. The molecule has 0 aliphatic heterocycles. The molecule has 0 unspecified atom stereocenters. The summed E-state index contributed by atoms with van der Waals surface area (Å²) in [5.74, 6) is 1.59. The van der Waals surface area contributed by atoms with Crippen molar-refractivity contribution in [2.75, 3.05) is 0 Å². The summed E-state index contributed by atoms with van der Waals surface area (Å²) >= 11 is 12.3. The summed E-state index contributed by atoms with van der Waals surface area (Å²) < 4.78 is 5.82. The summed E-state index contributed by atoms with van der Waals surface area (Å²) in [5, 5.41) is 1.21. The van der Waals surface area contributed by atoms with E-state index in [0.29, 0.717) is 16.7 Å². The molecule has 0 amide bonds. The normalized spacial score (nSPS) is 11.0. The molecule has 0 aliphatic carbocycles. The van der Waals surface area contributed by atoms with E-state index in [4.69, 9.17) is 27.9 Å². The minimum atomic E-state index is 0.321. The number of hydrogen-bond donors (Lipinski definition) is 1. The summed E-state index contributed by atoms with van der Waals surface area (Å²) in [4.78, 5) is 8.00. The number of benzene rings is 3. The lowest BCUT2D eigenvalue weighted by molar-refractivity contribution is 0.306. The molecule has 26 heavy (non-hydrogen) atoms. The average molecular weight is 383 g/mol. The maximum absolute atomic E-state index is 6.17.